The summed E-state index contributed by atoms with van der Waals surface area (Å²) in [6.07, 6.45) is 0. The molecule has 0 spiro atoms. The first-order valence-corrected chi connectivity index (χ1v) is 9.96. The number of nitrogens with zero attached hydrogens (tertiary/aromatic N) is 3. The third-order valence-corrected chi connectivity index (χ3v) is 5.59. The van der Waals surface area contributed by atoms with Gasteiger partial charge in [0.05, 0.1) is 24.8 Å². The molecule has 1 saturated heterocycles. The van der Waals surface area contributed by atoms with Crippen molar-refractivity contribution in [3.63, 3.8) is 0 Å². The first-order chi connectivity index (χ1) is 14.3. The zero-order chi connectivity index (χ0) is 20.1. The molecule has 4 heteroatoms. The van der Waals surface area contributed by atoms with Crippen LogP contribution in [0.2, 0.25) is 0 Å². The molecule has 1 aliphatic rings. The van der Waals surface area contributed by atoms with Crippen molar-refractivity contribution < 1.29 is 4.74 Å². The van der Waals surface area contributed by atoms with Crippen LogP contribution < -0.4 is 9.64 Å². The number of para-hydroxylation sites is 1. The van der Waals surface area contributed by atoms with E-state index in [0.29, 0.717) is 5.56 Å². The predicted molar refractivity (Wildman–Crippen MR) is 116 cm³/mol. The van der Waals surface area contributed by atoms with Crippen LogP contribution in [-0.4, -0.2) is 38.2 Å². The molecule has 0 radical (unpaired) electrons. The average molecular weight is 383 g/mol. The zero-order valence-electron chi connectivity index (χ0n) is 16.7. The standard InChI is InChI=1S/C25H25N3O/c1-29-24-13-11-22(12-14-24)25(21-9-7-20(19-26)8-10-21)28-17-15-27(16-18-28)23-5-3-2-4-6-23/h2-14,25H,15-18H2,1H3. The molecule has 3 aromatic carbocycles. The van der Waals surface area contributed by atoms with Gasteiger partial charge < -0.3 is 9.64 Å². The molecule has 1 unspecified atom stereocenters. The van der Waals surface area contributed by atoms with E-state index >= 15 is 0 Å². The number of benzene rings is 3. The van der Waals surface area contributed by atoms with Gasteiger partial charge in [0.1, 0.15) is 5.75 Å². The van der Waals surface area contributed by atoms with E-state index in [1.807, 2.05) is 24.3 Å². The number of hydrogen-bond acceptors (Lipinski definition) is 4. The minimum atomic E-state index is 0.159. The fourth-order valence-electron chi connectivity index (χ4n) is 4.02. The molecular formula is C25H25N3O. The monoisotopic (exact) mass is 383 g/mol. The number of nitriles is 1. The van der Waals surface area contributed by atoms with E-state index in [0.717, 1.165) is 31.9 Å². The summed E-state index contributed by atoms with van der Waals surface area (Å²) in [5, 5.41) is 9.15. The molecule has 0 amide bonds. The lowest BCUT2D eigenvalue weighted by Crippen LogP contribution is -2.48. The largest absolute Gasteiger partial charge is 0.497 e. The van der Waals surface area contributed by atoms with Crippen LogP contribution in [0.3, 0.4) is 0 Å². The van der Waals surface area contributed by atoms with E-state index in [4.69, 9.17) is 10.00 Å². The van der Waals surface area contributed by atoms with Crippen molar-refractivity contribution in [3.05, 3.63) is 95.6 Å². The maximum absolute atomic E-state index is 9.15. The highest BCUT2D eigenvalue weighted by Crippen LogP contribution is 2.31. The molecule has 4 rings (SSSR count). The molecule has 0 saturated carbocycles. The van der Waals surface area contributed by atoms with Crippen molar-refractivity contribution in [2.24, 2.45) is 0 Å². The quantitative estimate of drug-likeness (QED) is 0.651. The number of piperazine rings is 1. The molecule has 3 aromatic rings. The highest BCUT2D eigenvalue weighted by Gasteiger charge is 2.26. The molecule has 1 heterocycles. The van der Waals surface area contributed by atoms with Crippen LogP contribution in [0.1, 0.15) is 22.7 Å². The third kappa shape index (κ3) is 4.26. The topological polar surface area (TPSA) is 39.5 Å². The van der Waals surface area contributed by atoms with Gasteiger partial charge in [0.15, 0.2) is 0 Å². The second-order valence-electron chi connectivity index (χ2n) is 7.27. The smallest absolute Gasteiger partial charge is 0.118 e. The van der Waals surface area contributed by atoms with Crippen molar-refractivity contribution in [1.82, 2.24) is 4.90 Å². The van der Waals surface area contributed by atoms with E-state index in [-0.39, 0.29) is 6.04 Å². The van der Waals surface area contributed by atoms with E-state index < -0.39 is 0 Å². The number of methoxy groups -OCH3 is 1. The van der Waals surface area contributed by atoms with Crippen molar-refractivity contribution in [1.29, 1.82) is 5.26 Å². The van der Waals surface area contributed by atoms with Gasteiger partial charge in [-0.3, -0.25) is 4.90 Å². The number of hydrogen-bond donors (Lipinski definition) is 0. The van der Waals surface area contributed by atoms with Gasteiger partial charge in [0.2, 0.25) is 0 Å². The first kappa shape index (κ1) is 19.0. The maximum atomic E-state index is 9.15. The Labute approximate surface area is 172 Å². The van der Waals surface area contributed by atoms with Crippen LogP contribution in [0.15, 0.2) is 78.9 Å². The summed E-state index contributed by atoms with van der Waals surface area (Å²) in [5.41, 5.74) is 4.42. The molecule has 0 aromatic heterocycles. The summed E-state index contributed by atoms with van der Waals surface area (Å²) in [6, 6.07) is 29.3. The van der Waals surface area contributed by atoms with Crippen LogP contribution in [-0.2, 0) is 0 Å². The minimum absolute atomic E-state index is 0.159. The molecular weight excluding hydrogens is 358 g/mol. The van der Waals surface area contributed by atoms with E-state index in [1.54, 1.807) is 7.11 Å². The fourth-order valence-corrected chi connectivity index (χ4v) is 4.02. The van der Waals surface area contributed by atoms with Gasteiger partial charge in [-0.15, -0.1) is 0 Å². The SMILES string of the molecule is COc1ccc(C(c2ccc(C#N)cc2)N2CCN(c3ccccc3)CC2)cc1. The lowest BCUT2D eigenvalue weighted by atomic mass is 9.95. The van der Waals surface area contributed by atoms with Crippen LogP contribution in [0.5, 0.6) is 5.75 Å². The Morgan fingerprint density at radius 1 is 0.793 bits per heavy atom. The first-order valence-electron chi connectivity index (χ1n) is 9.96. The maximum Gasteiger partial charge on any atom is 0.118 e. The normalized spacial score (nSPS) is 15.5. The summed E-state index contributed by atoms with van der Waals surface area (Å²) >= 11 is 0. The number of ether oxygens (including phenoxy) is 1. The van der Waals surface area contributed by atoms with Crippen LogP contribution in [0, 0.1) is 11.3 Å². The van der Waals surface area contributed by atoms with E-state index in [2.05, 4.69) is 70.5 Å². The molecule has 0 aliphatic carbocycles. The van der Waals surface area contributed by atoms with Gasteiger partial charge in [-0.05, 0) is 47.5 Å². The number of anilines is 1. The van der Waals surface area contributed by atoms with Crippen LogP contribution >= 0.6 is 0 Å². The Morgan fingerprint density at radius 3 is 1.93 bits per heavy atom. The number of rotatable bonds is 5. The van der Waals surface area contributed by atoms with E-state index in [1.165, 1.54) is 16.8 Å². The molecule has 29 heavy (non-hydrogen) atoms. The summed E-state index contributed by atoms with van der Waals surface area (Å²) in [5.74, 6) is 0.862. The molecule has 1 fully saturated rings. The predicted octanol–water partition coefficient (Wildman–Crippen LogP) is 4.48. The lowest BCUT2D eigenvalue weighted by Gasteiger charge is -2.40. The van der Waals surface area contributed by atoms with Gasteiger partial charge in [0.25, 0.3) is 0 Å². The Balaban J connectivity index is 1.59. The Hall–Kier alpha value is -3.29. The van der Waals surface area contributed by atoms with Gasteiger partial charge in [-0.25, -0.2) is 0 Å². The Kier molecular flexibility index (Phi) is 5.79. The second kappa shape index (κ2) is 8.81. The van der Waals surface area contributed by atoms with Gasteiger partial charge in [0, 0.05) is 31.9 Å². The highest BCUT2D eigenvalue weighted by atomic mass is 16.5. The van der Waals surface area contributed by atoms with Gasteiger partial charge in [-0.1, -0.05) is 42.5 Å². The summed E-state index contributed by atoms with van der Waals surface area (Å²) < 4.78 is 5.34. The van der Waals surface area contributed by atoms with Gasteiger partial charge in [-0.2, -0.15) is 5.26 Å². The molecule has 4 nitrogen and oxygen atoms in total. The highest BCUT2D eigenvalue weighted by molar-refractivity contribution is 5.47. The van der Waals surface area contributed by atoms with E-state index in [9.17, 15) is 0 Å². The summed E-state index contributed by atoms with van der Waals surface area (Å²) in [7, 11) is 1.69. The molecule has 0 bridgehead atoms. The van der Waals surface area contributed by atoms with Crippen molar-refractivity contribution in [3.8, 4) is 11.8 Å². The lowest BCUT2D eigenvalue weighted by molar-refractivity contribution is 0.212. The van der Waals surface area contributed by atoms with Gasteiger partial charge >= 0.3 is 0 Å². The van der Waals surface area contributed by atoms with Crippen LogP contribution in [0.4, 0.5) is 5.69 Å². The summed E-state index contributed by atoms with van der Waals surface area (Å²) in [6.45, 7) is 3.94. The summed E-state index contributed by atoms with van der Waals surface area (Å²) in [4.78, 5) is 4.98. The third-order valence-electron chi connectivity index (χ3n) is 5.59. The van der Waals surface area contributed by atoms with Crippen LogP contribution in [0.25, 0.3) is 0 Å². The Morgan fingerprint density at radius 2 is 1.38 bits per heavy atom. The second-order valence-corrected chi connectivity index (χ2v) is 7.27. The molecule has 1 aliphatic heterocycles. The van der Waals surface area contributed by atoms with Crippen molar-refractivity contribution in [2.75, 3.05) is 38.2 Å². The molecule has 0 N–H and O–H groups in total. The fraction of sp³-hybridized carbons (Fsp3) is 0.240. The molecule has 1 atom stereocenters. The minimum Gasteiger partial charge on any atom is -0.497 e. The average Bonchev–Trinajstić information content (AvgIpc) is 2.81. The zero-order valence-corrected chi connectivity index (χ0v) is 16.7. The van der Waals surface area contributed by atoms with Crippen molar-refractivity contribution >= 4 is 5.69 Å². The van der Waals surface area contributed by atoms with Crippen molar-refractivity contribution in [2.45, 2.75) is 6.04 Å². The Bertz CT molecular complexity index is 954. The molecule has 146 valence electrons.